The molecule has 1 N–H and O–H groups in total. The minimum absolute atomic E-state index is 0.121. The monoisotopic (exact) mass is 240 g/mol. The summed E-state index contributed by atoms with van der Waals surface area (Å²) in [4.78, 5) is 16.8. The molecule has 96 valence electrons. The number of carbonyl (C=O) groups excluding carboxylic acids is 1. The molecular weight excluding hydrogens is 220 g/mol. The van der Waals surface area contributed by atoms with Gasteiger partial charge >= 0.3 is 5.97 Å². The fourth-order valence-corrected chi connectivity index (χ4v) is 1.79. The van der Waals surface area contributed by atoms with Gasteiger partial charge in [0.25, 0.3) is 0 Å². The molecule has 0 radical (unpaired) electrons. The van der Waals surface area contributed by atoms with Gasteiger partial charge in [-0.1, -0.05) is 17.7 Å². The van der Waals surface area contributed by atoms with E-state index in [2.05, 4.69) is 11.9 Å². The Labute approximate surface area is 102 Å². The Balaban J connectivity index is 2.62. The van der Waals surface area contributed by atoms with Gasteiger partial charge in [-0.2, -0.15) is 5.06 Å². The largest absolute Gasteiger partial charge is 0.468 e. The van der Waals surface area contributed by atoms with E-state index in [9.17, 15) is 4.79 Å². The molecule has 2 atom stereocenters. The first kappa shape index (κ1) is 13.9. The van der Waals surface area contributed by atoms with Crippen molar-refractivity contribution in [3.63, 3.8) is 0 Å². The van der Waals surface area contributed by atoms with E-state index in [0.29, 0.717) is 13.2 Å². The fraction of sp³-hybridized carbons (Fsp3) is 0.583. The average Bonchev–Trinajstić information content (AvgIpc) is 2.34. The summed E-state index contributed by atoms with van der Waals surface area (Å²) in [7, 11) is 3.25. The van der Waals surface area contributed by atoms with Crippen molar-refractivity contribution in [3.8, 4) is 0 Å². The Morgan fingerprint density at radius 3 is 3.00 bits per heavy atom. The second-order valence-corrected chi connectivity index (χ2v) is 3.97. The highest BCUT2D eigenvalue weighted by Crippen LogP contribution is 2.14. The molecule has 1 rings (SSSR count). The Hall–Kier alpha value is -1.17. The molecular formula is C12H20N2O3. The van der Waals surface area contributed by atoms with E-state index in [-0.39, 0.29) is 18.1 Å². The topological polar surface area (TPSA) is 50.8 Å². The Bertz CT molecular complexity index is 315. The van der Waals surface area contributed by atoms with E-state index in [1.807, 2.05) is 20.0 Å². The predicted octanol–water partition coefficient (Wildman–Crippen LogP) is 0.495. The molecule has 0 fully saturated rings. The molecule has 5 nitrogen and oxygen atoms in total. The molecule has 0 amide bonds. The number of carbonyl (C=O) groups is 1. The van der Waals surface area contributed by atoms with E-state index in [1.165, 1.54) is 7.11 Å². The van der Waals surface area contributed by atoms with Crippen molar-refractivity contribution in [3.05, 3.63) is 24.3 Å². The van der Waals surface area contributed by atoms with Crippen LogP contribution in [0.5, 0.6) is 0 Å². The first-order chi connectivity index (χ1) is 8.10. The molecule has 0 saturated heterocycles. The number of esters is 1. The maximum atomic E-state index is 11.4. The number of rotatable bonds is 5. The van der Waals surface area contributed by atoms with Crippen LogP contribution in [-0.2, 0) is 14.4 Å². The van der Waals surface area contributed by atoms with Crippen LogP contribution in [0, 0.1) is 0 Å². The molecule has 0 aromatic rings. The van der Waals surface area contributed by atoms with Gasteiger partial charge in [0.2, 0.25) is 0 Å². The molecule has 0 bridgehead atoms. The summed E-state index contributed by atoms with van der Waals surface area (Å²) in [6, 6.07) is -0.236. The lowest BCUT2D eigenvalue weighted by atomic mass is 10.0. The maximum Gasteiger partial charge on any atom is 0.326 e. The van der Waals surface area contributed by atoms with Gasteiger partial charge in [-0.25, -0.2) is 0 Å². The number of hydrogen-bond donors (Lipinski definition) is 1. The van der Waals surface area contributed by atoms with Crippen molar-refractivity contribution in [1.29, 1.82) is 0 Å². The van der Waals surface area contributed by atoms with Gasteiger partial charge in [0.05, 0.1) is 19.8 Å². The highest BCUT2D eigenvalue weighted by atomic mass is 16.7. The Morgan fingerprint density at radius 2 is 2.47 bits per heavy atom. The van der Waals surface area contributed by atoms with Crippen molar-refractivity contribution >= 4 is 5.97 Å². The summed E-state index contributed by atoms with van der Waals surface area (Å²) in [5, 5.41) is 4.88. The molecule has 5 heteroatoms. The lowest BCUT2D eigenvalue weighted by molar-refractivity contribution is -0.152. The van der Waals surface area contributed by atoms with Crippen LogP contribution in [0.3, 0.4) is 0 Å². The zero-order chi connectivity index (χ0) is 12.8. The lowest BCUT2D eigenvalue weighted by Crippen LogP contribution is -2.50. The van der Waals surface area contributed by atoms with Gasteiger partial charge in [-0.3, -0.25) is 14.9 Å². The third-order valence-electron chi connectivity index (χ3n) is 2.78. The summed E-state index contributed by atoms with van der Waals surface area (Å²) in [5.74, 6) is -0.266. The summed E-state index contributed by atoms with van der Waals surface area (Å²) in [5.41, 5.74) is 1.09. The summed E-state index contributed by atoms with van der Waals surface area (Å²) in [6.45, 7) is 6.70. The number of methoxy groups -OCH3 is 1. The van der Waals surface area contributed by atoms with Crippen molar-refractivity contribution < 1.29 is 14.4 Å². The quantitative estimate of drug-likeness (QED) is 0.431. The van der Waals surface area contributed by atoms with Gasteiger partial charge in [-0.15, -0.1) is 6.58 Å². The summed E-state index contributed by atoms with van der Waals surface area (Å²) < 4.78 is 4.69. The van der Waals surface area contributed by atoms with Crippen LogP contribution in [-0.4, -0.2) is 50.4 Å². The van der Waals surface area contributed by atoms with Crippen molar-refractivity contribution in [1.82, 2.24) is 10.4 Å². The normalized spacial score (nSPS) is 24.4. The maximum absolute atomic E-state index is 11.4. The minimum atomic E-state index is -0.357. The number of ether oxygens (including phenoxy) is 1. The zero-order valence-corrected chi connectivity index (χ0v) is 10.6. The van der Waals surface area contributed by atoms with E-state index in [1.54, 1.807) is 11.1 Å². The highest BCUT2D eigenvalue weighted by Gasteiger charge is 2.27. The number of likely N-dealkylation sites (N-methyl/N-ethyl adjacent to an activating group) is 1. The number of nitrogens with one attached hydrogen (secondary N) is 1. The first-order valence-corrected chi connectivity index (χ1v) is 5.56. The molecule has 0 aliphatic carbocycles. The molecule has 17 heavy (non-hydrogen) atoms. The zero-order valence-electron chi connectivity index (χ0n) is 10.6. The second-order valence-electron chi connectivity index (χ2n) is 3.97. The van der Waals surface area contributed by atoms with Crippen LogP contribution in [0.1, 0.15) is 6.92 Å². The molecule has 0 aromatic carbocycles. The molecule has 0 aromatic heterocycles. The van der Waals surface area contributed by atoms with Gasteiger partial charge in [0.1, 0.15) is 6.04 Å². The van der Waals surface area contributed by atoms with Crippen molar-refractivity contribution in [2.24, 2.45) is 0 Å². The SMILES string of the molecule is C=CCON(C)[C@H]1CN[C@H](C(=O)OC)C=C1C. The number of nitrogens with zero attached hydrogens (tertiary/aromatic N) is 1. The Kier molecular flexibility index (Phi) is 5.34. The smallest absolute Gasteiger partial charge is 0.326 e. The van der Waals surface area contributed by atoms with Crippen LogP contribution in [0.2, 0.25) is 0 Å². The van der Waals surface area contributed by atoms with Crippen molar-refractivity contribution in [2.75, 3.05) is 27.3 Å². The first-order valence-electron chi connectivity index (χ1n) is 5.56. The highest BCUT2D eigenvalue weighted by molar-refractivity contribution is 5.78. The van der Waals surface area contributed by atoms with Gasteiger partial charge in [-0.05, 0) is 6.92 Å². The molecule has 0 saturated carbocycles. The number of hydroxylamine groups is 2. The minimum Gasteiger partial charge on any atom is -0.468 e. The molecule has 1 heterocycles. The second kappa shape index (κ2) is 6.54. The standard InChI is InChI=1S/C12H20N2O3/c1-5-6-17-14(3)11-8-13-10(7-9(11)2)12(15)16-4/h5,7,10-11,13H,1,6,8H2,2-4H3/t10-,11-/m0/s1. The molecule has 0 spiro atoms. The van der Waals surface area contributed by atoms with Gasteiger partial charge in [0, 0.05) is 13.6 Å². The van der Waals surface area contributed by atoms with Gasteiger partial charge < -0.3 is 4.74 Å². The molecule has 0 unspecified atom stereocenters. The average molecular weight is 240 g/mol. The molecule has 1 aliphatic heterocycles. The third kappa shape index (κ3) is 3.66. The van der Waals surface area contributed by atoms with Crippen molar-refractivity contribution in [2.45, 2.75) is 19.0 Å². The van der Waals surface area contributed by atoms with Crippen LogP contribution in [0.25, 0.3) is 0 Å². The summed E-state index contributed by atoms with van der Waals surface area (Å²) in [6.07, 6.45) is 3.57. The van der Waals surface area contributed by atoms with Crippen LogP contribution >= 0.6 is 0 Å². The lowest BCUT2D eigenvalue weighted by Gasteiger charge is -2.32. The van der Waals surface area contributed by atoms with Crippen LogP contribution < -0.4 is 5.32 Å². The fourth-order valence-electron chi connectivity index (χ4n) is 1.79. The van der Waals surface area contributed by atoms with E-state index < -0.39 is 0 Å². The van der Waals surface area contributed by atoms with Gasteiger partial charge in [0.15, 0.2) is 0 Å². The predicted molar refractivity (Wildman–Crippen MR) is 65.3 cm³/mol. The number of hydrogen-bond acceptors (Lipinski definition) is 5. The van der Waals surface area contributed by atoms with E-state index in [4.69, 9.17) is 9.57 Å². The Morgan fingerprint density at radius 1 is 1.76 bits per heavy atom. The van der Waals surface area contributed by atoms with Crippen LogP contribution in [0.4, 0.5) is 0 Å². The summed E-state index contributed by atoms with van der Waals surface area (Å²) >= 11 is 0. The van der Waals surface area contributed by atoms with E-state index >= 15 is 0 Å². The third-order valence-corrected chi connectivity index (χ3v) is 2.78. The van der Waals surface area contributed by atoms with E-state index in [0.717, 1.165) is 5.57 Å². The molecule has 1 aliphatic rings. The van der Waals surface area contributed by atoms with Crippen LogP contribution in [0.15, 0.2) is 24.3 Å².